The zero-order chi connectivity index (χ0) is 50.4. The summed E-state index contributed by atoms with van der Waals surface area (Å²) in [7, 11) is 0. The molecule has 45 heavy (non-hydrogen) atoms. The van der Waals surface area contributed by atoms with Crippen LogP contribution in [0.2, 0.25) is 0 Å². The van der Waals surface area contributed by atoms with Gasteiger partial charge in [-0.15, -0.1) is 0 Å². The van der Waals surface area contributed by atoms with E-state index in [1.165, 1.54) is 0 Å². The second kappa shape index (κ2) is 9.22. The minimum Gasteiger partial charge on any atom is -0.456 e. The lowest BCUT2D eigenvalue weighted by atomic mass is 10.0. The molecule has 3 heteroatoms. The molecule has 0 radical (unpaired) electrons. The van der Waals surface area contributed by atoms with Gasteiger partial charge in [0.25, 0.3) is 0 Å². The molecule has 10 aromatic rings. The largest absolute Gasteiger partial charge is 0.456 e. The molecule has 0 N–H and O–H groups in total. The maximum atomic E-state index is 9.79. The van der Waals surface area contributed by atoms with Crippen LogP contribution >= 0.6 is 0 Å². The Morgan fingerprint density at radius 1 is 0.378 bits per heavy atom. The van der Waals surface area contributed by atoms with Crippen LogP contribution in [0.1, 0.15) is 32.9 Å². The van der Waals surface area contributed by atoms with Crippen molar-refractivity contribution in [1.82, 2.24) is 9.13 Å². The van der Waals surface area contributed by atoms with Gasteiger partial charge in [-0.05, 0) is 83.6 Å². The Labute approximate surface area is 292 Å². The Hall–Kier alpha value is -6.06. The zero-order valence-corrected chi connectivity index (χ0v) is 22.5. The monoisotopic (exact) mass is 598 g/mol. The molecule has 0 saturated carbocycles. The topological polar surface area (TPSA) is 23.0 Å². The van der Waals surface area contributed by atoms with Crippen molar-refractivity contribution in [1.29, 1.82) is 0 Å². The molecule has 0 aliphatic heterocycles. The van der Waals surface area contributed by atoms with Crippen LogP contribution in [0.25, 0.3) is 88.1 Å². The fourth-order valence-electron chi connectivity index (χ4n) is 5.56. The number of nitrogens with zero attached hydrogens (tertiary/aromatic N) is 2. The molecule has 3 aromatic heterocycles. The Kier molecular flexibility index (Phi) is 2.22. The number of hydrogen-bond acceptors (Lipinski definition) is 1. The van der Waals surface area contributed by atoms with Gasteiger partial charge in [0.1, 0.15) is 11.2 Å². The fourth-order valence-corrected chi connectivity index (χ4v) is 5.56. The molecular formula is C42H26N2O. The maximum absolute atomic E-state index is 9.79. The number of para-hydroxylation sites is 4. The van der Waals surface area contributed by atoms with Gasteiger partial charge < -0.3 is 13.6 Å². The third kappa shape index (κ3) is 3.52. The lowest BCUT2D eigenvalue weighted by Crippen LogP contribution is -1.93. The Morgan fingerprint density at radius 3 is 1.58 bits per heavy atom. The molecular weight excluding hydrogens is 548 g/mol. The van der Waals surface area contributed by atoms with E-state index in [2.05, 4.69) is 0 Å². The third-order valence-corrected chi connectivity index (χ3v) is 7.47. The molecule has 0 fully saturated rings. The summed E-state index contributed by atoms with van der Waals surface area (Å²) in [5, 5.41) is -2.68. The van der Waals surface area contributed by atoms with Crippen LogP contribution in [0, 0.1) is 0 Å². The summed E-state index contributed by atoms with van der Waals surface area (Å²) < 4.78 is 222. The van der Waals surface area contributed by atoms with Crippen molar-refractivity contribution >= 4 is 65.6 Å². The minimum absolute atomic E-state index is 0.254. The van der Waals surface area contributed by atoms with Gasteiger partial charge in [-0.1, -0.05) is 84.6 Å². The van der Waals surface area contributed by atoms with Gasteiger partial charge in [0.15, 0.2) is 0 Å². The number of hydrogen-bond donors (Lipinski definition) is 0. The van der Waals surface area contributed by atoms with E-state index in [9.17, 15) is 11.0 Å². The predicted molar refractivity (Wildman–Crippen MR) is 188 cm³/mol. The van der Waals surface area contributed by atoms with Crippen LogP contribution in [0.15, 0.2) is 162 Å². The van der Waals surface area contributed by atoms with Gasteiger partial charge in [-0.3, -0.25) is 0 Å². The summed E-state index contributed by atoms with van der Waals surface area (Å²) in [6.07, 6.45) is 0. The fraction of sp³-hybridized carbons (Fsp3) is 0. The standard InChI is InChI=1S/C42H26N2O/c1-2-10-29(11-3-1)43-37-15-7-4-12-31(37)34-24-27(18-21-39(34)43)28-19-22-40-35(25-28)32-13-5-8-16-38(32)44(40)30-20-23-42-36(26-30)33-14-6-9-17-41(33)45-42/h1-26H/i1D,4D,5D,6D,7D,8D,9D,10D,11D,12D,13D,14D,15D,16D,17D,18D,19D,20D,21D,22D,23D,24D,25D,26D. The quantitative estimate of drug-likeness (QED) is 0.198. The third-order valence-electron chi connectivity index (χ3n) is 7.47. The van der Waals surface area contributed by atoms with Gasteiger partial charge in [0.2, 0.25) is 0 Å². The van der Waals surface area contributed by atoms with Crippen molar-refractivity contribution in [2.45, 2.75) is 0 Å². The van der Waals surface area contributed by atoms with Crippen LogP contribution < -0.4 is 0 Å². The normalized spacial score (nSPS) is 19.5. The molecule has 3 nitrogen and oxygen atoms in total. The first-order valence-corrected chi connectivity index (χ1v) is 13.4. The summed E-state index contributed by atoms with van der Waals surface area (Å²) in [5.41, 5.74) is -5.44. The van der Waals surface area contributed by atoms with Crippen LogP contribution in [0.3, 0.4) is 0 Å². The number of benzene rings is 7. The molecule has 0 saturated heterocycles. The second-order valence-corrected chi connectivity index (χ2v) is 9.89. The number of furan rings is 1. The summed E-state index contributed by atoms with van der Waals surface area (Å²) >= 11 is 0. The number of rotatable bonds is 3. The first-order valence-electron chi connectivity index (χ1n) is 25.4. The van der Waals surface area contributed by atoms with Gasteiger partial charge in [0, 0.05) is 43.7 Å². The molecule has 3 heterocycles. The Morgan fingerprint density at radius 2 is 0.911 bits per heavy atom. The molecule has 0 aliphatic rings. The zero-order valence-electron chi connectivity index (χ0n) is 46.5. The summed E-state index contributed by atoms with van der Waals surface area (Å²) in [6, 6.07) is -16.0. The highest BCUT2D eigenvalue weighted by molar-refractivity contribution is 6.13. The number of fused-ring (bicyclic) bond motifs is 9. The van der Waals surface area contributed by atoms with E-state index in [1.807, 2.05) is 0 Å². The highest BCUT2D eigenvalue weighted by Crippen LogP contribution is 2.39. The van der Waals surface area contributed by atoms with E-state index in [1.54, 1.807) is 0 Å². The molecule has 0 spiro atoms. The second-order valence-electron chi connectivity index (χ2n) is 9.89. The summed E-state index contributed by atoms with van der Waals surface area (Å²) in [5.74, 6) is 0. The average Bonchev–Trinajstić information content (AvgIpc) is 3.99. The van der Waals surface area contributed by atoms with Crippen molar-refractivity contribution < 1.29 is 37.3 Å². The molecule has 0 aliphatic carbocycles. The molecule has 0 amide bonds. The molecule has 10 rings (SSSR count). The van der Waals surface area contributed by atoms with Gasteiger partial charge in [-0.25, -0.2) is 0 Å². The molecule has 210 valence electrons. The molecule has 0 bridgehead atoms. The van der Waals surface area contributed by atoms with E-state index >= 15 is 0 Å². The predicted octanol–water partition coefficient (Wildman–Crippen LogP) is 11.4. The molecule has 7 aromatic carbocycles. The summed E-state index contributed by atoms with van der Waals surface area (Å²) in [4.78, 5) is 0. The Bertz CT molecular complexity index is 4110. The van der Waals surface area contributed by atoms with Crippen molar-refractivity contribution in [3.8, 4) is 22.5 Å². The van der Waals surface area contributed by atoms with E-state index in [-0.39, 0.29) is 17.1 Å². The smallest absolute Gasteiger partial charge is 0.135 e. The average molecular weight is 599 g/mol. The van der Waals surface area contributed by atoms with Crippen LogP contribution in [0.5, 0.6) is 0 Å². The van der Waals surface area contributed by atoms with Crippen LogP contribution in [0.4, 0.5) is 0 Å². The highest BCUT2D eigenvalue weighted by atomic mass is 16.3. The summed E-state index contributed by atoms with van der Waals surface area (Å²) in [6.45, 7) is 0. The van der Waals surface area contributed by atoms with E-state index in [4.69, 9.17) is 26.3 Å². The van der Waals surface area contributed by atoms with Crippen LogP contribution in [-0.4, -0.2) is 9.13 Å². The first-order chi connectivity index (χ1) is 32.3. The van der Waals surface area contributed by atoms with Gasteiger partial charge >= 0.3 is 0 Å². The van der Waals surface area contributed by atoms with Gasteiger partial charge in [0.05, 0.1) is 55.0 Å². The lowest BCUT2D eigenvalue weighted by Gasteiger charge is -2.09. The van der Waals surface area contributed by atoms with E-state index in [0.717, 1.165) is 21.3 Å². The first kappa shape index (κ1) is 10.8. The van der Waals surface area contributed by atoms with Crippen molar-refractivity contribution in [3.05, 3.63) is 157 Å². The highest BCUT2D eigenvalue weighted by Gasteiger charge is 2.17. The minimum atomic E-state index is -0.959. The van der Waals surface area contributed by atoms with Crippen molar-refractivity contribution in [2.24, 2.45) is 0 Å². The van der Waals surface area contributed by atoms with E-state index < -0.39 is 216 Å². The molecule has 0 atom stereocenters. The maximum Gasteiger partial charge on any atom is 0.135 e. The number of aromatic nitrogens is 2. The molecule has 0 unspecified atom stereocenters. The van der Waals surface area contributed by atoms with Crippen molar-refractivity contribution in [2.75, 3.05) is 0 Å². The van der Waals surface area contributed by atoms with Crippen molar-refractivity contribution in [3.63, 3.8) is 0 Å². The Balaban J connectivity index is 1.42. The lowest BCUT2D eigenvalue weighted by molar-refractivity contribution is 0.669. The van der Waals surface area contributed by atoms with Gasteiger partial charge in [-0.2, -0.15) is 0 Å². The van der Waals surface area contributed by atoms with E-state index in [0.29, 0.717) is 0 Å². The SMILES string of the molecule is [2H]c1cc([2H])c(-n2c3c([2H])c([2H])c([2H])c([2H])c3c3c([2H])c(-c4c([2H])c([2H])c5c(c4[2H])c4c([2H])c([2H])c([2H])c([2H])c4n5-c4c([2H])c([2H])c5oc6c([2H])c([2H])c([2H])c([2H])c6c5c4[2H])c([2H])c([2H])c32)c([2H])c1. The van der Waals surface area contributed by atoms with Crippen LogP contribution in [-0.2, 0) is 0 Å².